The lowest BCUT2D eigenvalue weighted by Crippen LogP contribution is -2.27. The zero-order valence-electron chi connectivity index (χ0n) is 30.7. The number of aryl methyl sites for hydroxylation is 4. The highest BCUT2D eigenvalue weighted by Gasteiger charge is 2.26. The molecule has 1 aliphatic carbocycles. The summed E-state index contributed by atoms with van der Waals surface area (Å²) in [5.74, 6) is -1.33. The standard InChI is InChI=1S/C43H42N2O8S/c1-27-13-19-36(29(3)23-27)44(21-7-11-41(46)47)31-15-17-33-38(25-31)53-39-26-32(45(22-8-12-42(48)49)37-20-14-28(2)24-30(37)4)16-18-34(39)43(33)35-9-5-6-10-40(35)54(50,51)52/h5-6,9-10,13-20,23-26H,7-8,11-12,21-22H2,1-4H3,(H2-,46,47,48,49,50,51,52)/p+1. The average Bonchev–Trinajstić information content (AvgIpc) is 3.11. The van der Waals surface area contributed by atoms with E-state index in [1.165, 1.54) is 6.07 Å². The van der Waals surface area contributed by atoms with Crippen LogP contribution in [0.15, 0.2) is 106 Å². The van der Waals surface area contributed by atoms with Crippen molar-refractivity contribution in [1.29, 1.82) is 0 Å². The van der Waals surface area contributed by atoms with Gasteiger partial charge in [-0.3, -0.25) is 14.1 Å². The maximum Gasteiger partial charge on any atom is 0.303 e. The third-order valence-corrected chi connectivity index (χ3v) is 10.5. The maximum atomic E-state index is 12.7. The van der Waals surface area contributed by atoms with Gasteiger partial charge < -0.3 is 19.5 Å². The number of anilines is 2. The van der Waals surface area contributed by atoms with Gasteiger partial charge in [0.25, 0.3) is 10.1 Å². The highest BCUT2D eigenvalue weighted by atomic mass is 32.2. The van der Waals surface area contributed by atoms with Crippen molar-refractivity contribution in [1.82, 2.24) is 4.58 Å². The Kier molecular flexibility index (Phi) is 11.0. The van der Waals surface area contributed by atoms with Crippen LogP contribution in [0.3, 0.4) is 0 Å². The molecule has 54 heavy (non-hydrogen) atoms. The fourth-order valence-electron chi connectivity index (χ4n) is 7.16. The summed E-state index contributed by atoms with van der Waals surface area (Å²) in [7, 11) is -4.63. The first-order chi connectivity index (χ1) is 25.7. The van der Waals surface area contributed by atoms with Crippen molar-refractivity contribution < 1.29 is 37.2 Å². The predicted molar refractivity (Wildman–Crippen MR) is 210 cm³/mol. The van der Waals surface area contributed by atoms with Crippen molar-refractivity contribution in [3.63, 3.8) is 0 Å². The molecule has 0 aromatic heterocycles. The van der Waals surface area contributed by atoms with E-state index in [2.05, 4.69) is 21.6 Å². The molecule has 1 aliphatic heterocycles. The minimum Gasteiger partial charge on any atom is -0.481 e. The Morgan fingerprint density at radius 3 is 2.11 bits per heavy atom. The normalized spacial score (nSPS) is 12.2. The molecule has 11 heteroatoms. The Balaban J connectivity index is 1.66. The monoisotopic (exact) mass is 747 g/mol. The highest BCUT2D eigenvalue weighted by molar-refractivity contribution is 7.86. The molecule has 0 unspecified atom stereocenters. The second-order valence-electron chi connectivity index (χ2n) is 13.7. The van der Waals surface area contributed by atoms with E-state index in [4.69, 9.17) is 4.42 Å². The van der Waals surface area contributed by atoms with Crippen LogP contribution < -0.4 is 14.8 Å². The van der Waals surface area contributed by atoms with Crippen molar-refractivity contribution in [2.24, 2.45) is 0 Å². The van der Waals surface area contributed by atoms with Gasteiger partial charge in [0.2, 0.25) is 11.0 Å². The first-order valence-corrected chi connectivity index (χ1v) is 19.2. The van der Waals surface area contributed by atoms with Crippen LogP contribution in [-0.4, -0.2) is 48.2 Å². The summed E-state index contributed by atoms with van der Waals surface area (Å²) >= 11 is 0. The Bertz CT molecular complexity index is 2560. The lowest BCUT2D eigenvalue weighted by Gasteiger charge is -2.27. The lowest BCUT2D eigenvalue weighted by atomic mass is 9.93. The number of nitrogens with zero attached hydrogens (tertiary/aromatic N) is 2. The zero-order valence-corrected chi connectivity index (χ0v) is 31.5. The smallest absolute Gasteiger partial charge is 0.303 e. The first-order valence-electron chi connectivity index (χ1n) is 17.7. The molecule has 1 heterocycles. The van der Waals surface area contributed by atoms with Crippen LogP contribution in [0.4, 0.5) is 17.1 Å². The predicted octanol–water partition coefficient (Wildman–Crippen LogP) is 8.66. The summed E-state index contributed by atoms with van der Waals surface area (Å²) < 4.78 is 44.6. The zero-order chi connectivity index (χ0) is 38.7. The van der Waals surface area contributed by atoms with Gasteiger partial charge >= 0.3 is 11.9 Å². The summed E-state index contributed by atoms with van der Waals surface area (Å²) in [5.41, 5.74) is 8.69. The van der Waals surface area contributed by atoms with Crippen molar-refractivity contribution in [3.8, 4) is 22.5 Å². The van der Waals surface area contributed by atoms with Crippen LogP contribution in [0.5, 0.6) is 0 Å². The van der Waals surface area contributed by atoms with Gasteiger partial charge in [0.15, 0.2) is 0 Å². The number of hydrogen-bond acceptors (Lipinski definition) is 6. The minimum absolute atomic E-state index is 0.00718. The molecule has 0 spiro atoms. The SMILES string of the molecule is Cc1ccc(N(CCCC(=O)O)c2ccc3c(-c4ccccc4S(=O)(=O)O)c4ccc(=[N+](CCCC(=O)O)c5ccc(C)cc5C)cc-4oc3c2)c(C)c1. The molecule has 0 amide bonds. The van der Waals surface area contributed by atoms with Crippen molar-refractivity contribution in [3.05, 3.63) is 125 Å². The van der Waals surface area contributed by atoms with Crippen molar-refractivity contribution >= 4 is 50.1 Å². The average molecular weight is 748 g/mol. The molecule has 10 nitrogen and oxygen atoms in total. The molecule has 2 aliphatic rings. The van der Waals surface area contributed by atoms with E-state index >= 15 is 0 Å². The van der Waals surface area contributed by atoms with E-state index in [1.807, 2.05) is 88.4 Å². The molecule has 6 rings (SSSR count). The first kappa shape index (κ1) is 38.0. The fourth-order valence-corrected chi connectivity index (χ4v) is 7.86. The number of benzene rings is 5. The summed E-state index contributed by atoms with van der Waals surface area (Å²) in [6.45, 7) is 8.88. The van der Waals surface area contributed by atoms with Crippen LogP contribution >= 0.6 is 0 Å². The van der Waals surface area contributed by atoms with Gasteiger partial charge in [-0.2, -0.15) is 13.0 Å². The number of carboxylic acids is 2. The molecule has 3 N–H and O–H groups in total. The Morgan fingerprint density at radius 1 is 0.741 bits per heavy atom. The van der Waals surface area contributed by atoms with Gasteiger partial charge in [0, 0.05) is 76.6 Å². The summed E-state index contributed by atoms with van der Waals surface area (Å²) in [4.78, 5) is 24.8. The molecule has 0 saturated carbocycles. The van der Waals surface area contributed by atoms with E-state index in [1.54, 1.807) is 18.2 Å². The molecular formula is C43H43N2O8S+. The van der Waals surface area contributed by atoms with Crippen molar-refractivity contribution in [2.45, 2.75) is 58.3 Å². The molecule has 0 fully saturated rings. The minimum atomic E-state index is -4.63. The van der Waals surface area contributed by atoms with E-state index in [0.29, 0.717) is 59.4 Å². The second-order valence-corrected chi connectivity index (χ2v) is 15.1. The summed E-state index contributed by atoms with van der Waals surface area (Å²) in [5, 5.41) is 20.2. The molecule has 278 valence electrons. The lowest BCUT2D eigenvalue weighted by molar-refractivity contribution is -0.138. The third kappa shape index (κ3) is 8.22. The van der Waals surface area contributed by atoms with Gasteiger partial charge in [-0.25, -0.2) is 0 Å². The number of carboxylic acid groups (broad SMARTS) is 2. The van der Waals surface area contributed by atoms with E-state index in [-0.39, 0.29) is 17.7 Å². The maximum absolute atomic E-state index is 12.7. The molecule has 0 atom stereocenters. The van der Waals surface area contributed by atoms with Crippen LogP contribution in [0.1, 0.15) is 47.9 Å². The number of aliphatic carboxylic acids is 2. The quantitative estimate of drug-likeness (QED) is 0.0600. The van der Waals surface area contributed by atoms with Gasteiger partial charge in [0.05, 0.1) is 12.5 Å². The Labute approximate surface area is 314 Å². The van der Waals surface area contributed by atoms with Gasteiger partial charge in [-0.1, -0.05) is 47.5 Å². The number of carbonyl (C=O) groups is 2. The van der Waals surface area contributed by atoms with E-state index in [9.17, 15) is 32.8 Å². The molecule has 0 saturated heterocycles. The fraction of sp³-hybridized carbons (Fsp3) is 0.233. The highest BCUT2D eigenvalue weighted by Crippen LogP contribution is 2.43. The molecule has 4 aromatic carbocycles. The Morgan fingerprint density at radius 2 is 1.43 bits per heavy atom. The molecule has 4 aromatic rings. The number of rotatable bonds is 13. The van der Waals surface area contributed by atoms with Crippen LogP contribution in [-0.2, 0) is 19.7 Å². The van der Waals surface area contributed by atoms with Crippen molar-refractivity contribution in [2.75, 3.05) is 18.0 Å². The van der Waals surface area contributed by atoms with Crippen LogP contribution in [0.25, 0.3) is 33.4 Å². The molecular weight excluding hydrogens is 705 g/mol. The van der Waals surface area contributed by atoms with E-state index < -0.39 is 22.1 Å². The summed E-state index contributed by atoms with van der Waals surface area (Å²) in [6.07, 6.45) is 0.767. The van der Waals surface area contributed by atoms with Gasteiger partial charge in [0.1, 0.15) is 22.8 Å². The second kappa shape index (κ2) is 15.7. The van der Waals surface area contributed by atoms with Gasteiger partial charge in [-0.05, 0) is 76.1 Å². The Hall–Kier alpha value is -5.78. The van der Waals surface area contributed by atoms with Crippen LogP contribution in [0, 0.1) is 27.7 Å². The van der Waals surface area contributed by atoms with Crippen LogP contribution in [0.2, 0.25) is 0 Å². The number of fused-ring (bicyclic) bond motifs is 2. The van der Waals surface area contributed by atoms with E-state index in [0.717, 1.165) is 44.7 Å². The topological polar surface area (TPSA) is 148 Å². The largest absolute Gasteiger partial charge is 0.481 e. The third-order valence-electron chi connectivity index (χ3n) is 9.58. The number of hydrogen-bond donors (Lipinski definition) is 3. The molecule has 0 radical (unpaired) electrons. The summed E-state index contributed by atoms with van der Waals surface area (Å²) in [6, 6.07) is 29.7. The molecule has 0 bridgehead atoms. The van der Waals surface area contributed by atoms with Gasteiger partial charge in [-0.15, -0.1) is 0 Å².